The first-order valence-electron chi connectivity index (χ1n) is 8.99. The molecule has 4 rings (SSSR count). The fourth-order valence-corrected chi connectivity index (χ4v) is 4.77. The minimum atomic E-state index is 0.587. The molecule has 0 unspecified atom stereocenters. The Balaban J connectivity index is 1.89. The number of hydrogen-bond acceptors (Lipinski definition) is 4. The molecule has 1 N–H and O–H groups in total. The van der Waals surface area contributed by atoms with Crippen LogP contribution in [0.3, 0.4) is 0 Å². The predicted octanol–water partition coefficient (Wildman–Crippen LogP) is 6.77. The Morgan fingerprint density at radius 3 is 2.14 bits per heavy atom. The first-order chi connectivity index (χ1) is 14.1. The van der Waals surface area contributed by atoms with Crippen LogP contribution in [0.1, 0.15) is 0 Å². The lowest BCUT2D eigenvalue weighted by Crippen LogP contribution is -1.95. The molecule has 0 amide bonds. The lowest BCUT2D eigenvalue weighted by Gasteiger charge is -2.14. The van der Waals surface area contributed by atoms with E-state index in [9.17, 15) is 0 Å². The van der Waals surface area contributed by atoms with E-state index in [0.717, 1.165) is 36.4 Å². The molecule has 0 fully saturated rings. The molecule has 29 heavy (non-hydrogen) atoms. The number of hydrogen-bond donors (Lipinski definition) is 1. The Morgan fingerprint density at radius 2 is 1.52 bits per heavy atom. The minimum absolute atomic E-state index is 0.587. The molecular formula is C23H20BrNO3S. The number of aromatic amines is 1. The number of methoxy groups -OCH3 is 3. The zero-order valence-electron chi connectivity index (χ0n) is 16.3. The van der Waals surface area contributed by atoms with Gasteiger partial charge in [-0.2, -0.15) is 0 Å². The van der Waals surface area contributed by atoms with Crippen molar-refractivity contribution in [3.05, 3.63) is 65.1 Å². The van der Waals surface area contributed by atoms with Gasteiger partial charge in [0.05, 0.1) is 27.0 Å². The summed E-state index contributed by atoms with van der Waals surface area (Å²) in [7, 11) is 4.87. The number of benzene rings is 3. The molecule has 0 atom stereocenters. The topological polar surface area (TPSA) is 43.5 Å². The van der Waals surface area contributed by atoms with Gasteiger partial charge in [0.1, 0.15) is 0 Å². The van der Waals surface area contributed by atoms with Gasteiger partial charge in [-0.3, -0.25) is 0 Å². The van der Waals surface area contributed by atoms with Gasteiger partial charge in [0.2, 0.25) is 5.75 Å². The van der Waals surface area contributed by atoms with Gasteiger partial charge in [-0.05, 0) is 35.9 Å². The third kappa shape index (κ3) is 3.82. The summed E-state index contributed by atoms with van der Waals surface area (Å²) < 4.78 is 17.5. The van der Waals surface area contributed by atoms with Crippen molar-refractivity contribution in [3.63, 3.8) is 0 Å². The van der Waals surface area contributed by atoms with Crippen molar-refractivity contribution in [3.8, 4) is 28.5 Å². The number of rotatable bonds is 6. The average Bonchev–Trinajstić information content (AvgIpc) is 3.11. The van der Waals surface area contributed by atoms with E-state index in [0.29, 0.717) is 17.2 Å². The second-order valence-electron chi connectivity index (χ2n) is 6.35. The molecule has 0 saturated heterocycles. The van der Waals surface area contributed by atoms with Crippen LogP contribution in [-0.4, -0.2) is 26.3 Å². The number of halogens is 1. The van der Waals surface area contributed by atoms with Gasteiger partial charge in [0.25, 0.3) is 0 Å². The van der Waals surface area contributed by atoms with Crippen LogP contribution in [0.2, 0.25) is 0 Å². The number of fused-ring (bicyclic) bond motifs is 1. The summed E-state index contributed by atoms with van der Waals surface area (Å²) in [6.07, 6.45) is 0. The van der Waals surface area contributed by atoms with Crippen molar-refractivity contribution in [1.82, 2.24) is 4.98 Å². The molecule has 0 aliphatic heterocycles. The summed E-state index contributed by atoms with van der Waals surface area (Å²) in [4.78, 5) is 5.72. The molecule has 3 aromatic carbocycles. The molecule has 0 bridgehead atoms. The summed E-state index contributed by atoms with van der Waals surface area (Å²) >= 11 is 5.27. The van der Waals surface area contributed by atoms with Crippen LogP contribution in [-0.2, 0) is 0 Å². The van der Waals surface area contributed by atoms with Crippen LogP contribution in [0.4, 0.5) is 0 Å². The van der Waals surface area contributed by atoms with E-state index in [4.69, 9.17) is 14.2 Å². The minimum Gasteiger partial charge on any atom is -0.493 e. The first-order valence-corrected chi connectivity index (χ1v) is 10.6. The molecule has 0 spiro atoms. The zero-order chi connectivity index (χ0) is 20.4. The molecule has 0 radical (unpaired) electrons. The quantitative estimate of drug-likeness (QED) is 0.338. The van der Waals surface area contributed by atoms with E-state index in [1.807, 2.05) is 36.4 Å². The Hall–Kier alpha value is -2.57. The van der Waals surface area contributed by atoms with Crippen LogP contribution < -0.4 is 14.2 Å². The molecule has 0 saturated carbocycles. The van der Waals surface area contributed by atoms with Crippen molar-refractivity contribution in [2.45, 2.75) is 9.79 Å². The van der Waals surface area contributed by atoms with E-state index in [-0.39, 0.29) is 0 Å². The van der Waals surface area contributed by atoms with Gasteiger partial charge < -0.3 is 19.2 Å². The molecular weight excluding hydrogens is 450 g/mol. The van der Waals surface area contributed by atoms with Crippen molar-refractivity contribution >= 4 is 38.6 Å². The standard InChI is InChI=1S/C23H20BrNO3S/c1-26-19-12-16(13-20(27-2)22(19)28-3)29-23-17-11-15(24)9-10-18(17)25-21(23)14-7-5-4-6-8-14/h4-13,25H,1-3H3. The van der Waals surface area contributed by atoms with E-state index in [2.05, 4.69) is 45.2 Å². The van der Waals surface area contributed by atoms with E-state index in [1.54, 1.807) is 33.1 Å². The van der Waals surface area contributed by atoms with E-state index < -0.39 is 0 Å². The molecule has 148 valence electrons. The lowest BCUT2D eigenvalue weighted by atomic mass is 10.1. The highest BCUT2D eigenvalue weighted by atomic mass is 79.9. The van der Waals surface area contributed by atoms with Gasteiger partial charge in [0, 0.05) is 25.2 Å². The Bertz CT molecular complexity index is 1130. The number of nitrogens with one attached hydrogen (secondary N) is 1. The second-order valence-corrected chi connectivity index (χ2v) is 8.35. The number of aromatic nitrogens is 1. The Kier molecular flexibility index (Phi) is 5.74. The molecule has 4 aromatic rings. The van der Waals surface area contributed by atoms with Crippen molar-refractivity contribution in [2.24, 2.45) is 0 Å². The third-order valence-corrected chi connectivity index (χ3v) is 6.23. The number of ether oxygens (including phenoxy) is 3. The van der Waals surface area contributed by atoms with Gasteiger partial charge in [0.15, 0.2) is 11.5 Å². The summed E-state index contributed by atoms with van der Waals surface area (Å²) in [5, 5.41) is 1.15. The summed E-state index contributed by atoms with van der Waals surface area (Å²) in [5.74, 6) is 1.86. The highest BCUT2D eigenvalue weighted by Crippen LogP contribution is 2.46. The van der Waals surface area contributed by atoms with Gasteiger partial charge in [-0.15, -0.1) is 0 Å². The van der Waals surface area contributed by atoms with Crippen molar-refractivity contribution in [1.29, 1.82) is 0 Å². The van der Waals surface area contributed by atoms with Gasteiger partial charge in [-0.25, -0.2) is 0 Å². The highest BCUT2D eigenvalue weighted by molar-refractivity contribution is 9.10. The summed E-state index contributed by atoms with van der Waals surface area (Å²) in [6.45, 7) is 0. The third-order valence-electron chi connectivity index (χ3n) is 4.63. The summed E-state index contributed by atoms with van der Waals surface area (Å²) in [5.41, 5.74) is 3.30. The maximum absolute atomic E-state index is 5.53. The Morgan fingerprint density at radius 1 is 0.828 bits per heavy atom. The molecule has 1 aromatic heterocycles. The molecule has 4 nitrogen and oxygen atoms in total. The molecule has 1 heterocycles. The van der Waals surface area contributed by atoms with Crippen LogP contribution in [0.25, 0.3) is 22.2 Å². The maximum atomic E-state index is 5.53. The van der Waals surface area contributed by atoms with Crippen LogP contribution >= 0.6 is 27.7 Å². The first kappa shape index (κ1) is 19.7. The largest absolute Gasteiger partial charge is 0.493 e. The van der Waals surface area contributed by atoms with Gasteiger partial charge in [-0.1, -0.05) is 58.0 Å². The monoisotopic (exact) mass is 469 g/mol. The fraction of sp³-hybridized carbons (Fsp3) is 0.130. The van der Waals surface area contributed by atoms with Crippen molar-refractivity contribution in [2.75, 3.05) is 21.3 Å². The number of H-pyrrole nitrogens is 1. The molecule has 6 heteroatoms. The lowest BCUT2D eigenvalue weighted by molar-refractivity contribution is 0.323. The van der Waals surface area contributed by atoms with Gasteiger partial charge >= 0.3 is 0 Å². The molecule has 0 aliphatic carbocycles. The predicted molar refractivity (Wildman–Crippen MR) is 122 cm³/mol. The van der Waals surface area contributed by atoms with Crippen LogP contribution in [0, 0.1) is 0 Å². The van der Waals surface area contributed by atoms with Crippen LogP contribution in [0.15, 0.2) is 74.9 Å². The SMILES string of the molecule is COc1cc(Sc2c(-c3ccccc3)[nH]c3ccc(Br)cc23)cc(OC)c1OC. The maximum Gasteiger partial charge on any atom is 0.203 e. The highest BCUT2D eigenvalue weighted by Gasteiger charge is 2.18. The fourth-order valence-electron chi connectivity index (χ4n) is 3.29. The second kappa shape index (κ2) is 8.43. The van der Waals surface area contributed by atoms with Crippen molar-refractivity contribution < 1.29 is 14.2 Å². The smallest absolute Gasteiger partial charge is 0.203 e. The average molecular weight is 470 g/mol. The van der Waals surface area contributed by atoms with E-state index >= 15 is 0 Å². The van der Waals surface area contributed by atoms with E-state index in [1.165, 1.54) is 0 Å². The summed E-state index contributed by atoms with van der Waals surface area (Å²) in [6, 6.07) is 20.5. The molecule has 0 aliphatic rings. The normalized spacial score (nSPS) is 10.9. The Labute approximate surface area is 182 Å². The zero-order valence-corrected chi connectivity index (χ0v) is 18.7. The van der Waals surface area contributed by atoms with Crippen LogP contribution in [0.5, 0.6) is 17.2 Å².